The number of imide groups is 1. The van der Waals surface area contributed by atoms with Gasteiger partial charge in [-0.2, -0.15) is 9.28 Å². The van der Waals surface area contributed by atoms with Gasteiger partial charge in [-0.05, 0) is 71.2 Å². The third kappa shape index (κ3) is 9.33. The molecular formula is C33H46N2O10P+. The fourth-order valence-corrected chi connectivity index (χ4v) is 7.04. The highest BCUT2D eigenvalue weighted by Gasteiger charge is 2.57. The molecule has 1 aliphatic heterocycles. The second-order valence-corrected chi connectivity index (χ2v) is 14.6. The average Bonchev–Trinajstić information content (AvgIpc) is 3.42. The Morgan fingerprint density at radius 3 is 2.20 bits per heavy atom. The first kappa shape index (κ1) is 37.1. The summed E-state index contributed by atoms with van der Waals surface area (Å²) in [5.41, 5.74) is 5.57. The molecule has 3 rings (SSSR count). The maximum absolute atomic E-state index is 15.0. The number of carbonyl (C=O) groups excluding carboxylic acids is 3. The minimum Gasteiger partial charge on any atom is -0.445 e. The van der Waals surface area contributed by atoms with E-state index in [-0.39, 0.29) is 24.9 Å². The number of hydrogen-bond acceptors (Lipinski definition) is 10. The number of benzene rings is 2. The molecular weight excluding hydrogens is 615 g/mol. The first-order valence-electron chi connectivity index (χ1n) is 15.5. The molecule has 12 nitrogen and oxygen atoms in total. The number of rotatable bonds is 15. The lowest BCUT2D eigenvalue weighted by atomic mass is 9.98. The van der Waals surface area contributed by atoms with Crippen LogP contribution in [0.2, 0.25) is 0 Å². The van der Waals surface area contributed by atoms with E-state index >= 15 is 0 Å². The summed E-state index contributed by atoms with van der Waals surface area (Å²) in [6, 6.07) is 16.2. The summed E-state index contributed by atoms with van der Waals surface area (Å²) in [7, 11) is -4.73. The Labute approximate surface area is 270 Å². The summed E-state index contributed by atoms with van der Waals surface area (Å²) >= 11 is 0. The largest absolute Gasteiger partial charge is 0.521 e. The summed E-state index contributed by atoms with van der Waals surface area (Å²) in [6.45, 7) is 6.07. The van der Waals surface area contributed by atoms with Gasteiger partial charge in [0.15, 0.2) is 6.10 Å². The van der Waals surface area contributed by atoms with Gasteiger partial charge in [0.2, 0.25) is 12.6 Å². The number of quaternary nitrogens is 1. The van der Waals surface area contributed by atoms with E-state index in [4.69, 9.17) is 24.3 Å². The number of hydrogen-bond donors (Lipinski definition) is 2. The molecule has 1 heterocycles. The van der Waals surface area contributed by atoms with Crippen molar-refractivity contribution in [1.82, 2.24) is 0 Å². The van der Waals surface area contributed by atoms with E-state index in [0.29, 0.717) is 37.8 Å². The number of esters is 2. The fraction of sp³-hybridized carbons (Fsp3) is 0.515. The molecule has 1 saturated heterocycles. The zero-order chi connectivity index (χ0) is 34.0. The zero-order valence-corrected chi connectivity index (χ0v) is 27.9. The zero-order valence-electron chi connectivity index (χ0n) is 27.0. The van der Waals surface area contributed by atoms with Crippen LogP contribution in [0.4, 0.5) is 4.79 Å². The van der Waals surface area contributed by atoms with Gasteiger partial charge in [0.1, 0.15) is 6.04 Å². The molecule has 1 aliphatic rings. The monoisotopic (exact) mass is 661 g/mol. The van der Waals surface area contributed by atoms with Crippen LogP contribution in [0, 0.1) is 5.41 Å². The van der Waals surface area contributed by atoms with E-state index in [0.717, 1.165) is 0 Å². The van der Waals surface area contributed by atoms with Gasteiger partial charge in [-0.1, -0.05) is 48.5 Å². The van der Waals surface area contributed by atoms with Gasteiger partial charge >= 0.3 is 31.5 Å². The predicted octanol–water partition coefficient (Wildman–Crippen LogP) is 5.89. The van der Waals surface area contributed by atoms with Gasteiger partial charge in [-0.25, -0.2) is 9.59 Å². The molecule has 252 valence electrons. The highest BCUT2D eigenvalue weighted by Crippen LogP contribution is 2.57. The van der Waals surface area contributed by atoms with E-state index in [1.54, 1.807) is 76.2 Å². The third-order valence-electron chi connectivity index (χ3n) is 7.98. The third-order valence-corrected chi connectivity index (χ3v) is 9.99. The van der Waals surface area contributed by atoms with Crippen LogP contribution in [0.15, 0.2) is 60.7 Å². The molecule has 0 aromatic heterocycles. The molecule has 0 radical (unpaired) electrons. The van der Waals surface area contributed by atoms with Crippen molar-refractivity contribution in [2.24, 2.45) is 11.1 Å². The summed E-state index contributed by atoms with van der Waals surface area (Å²) in [5.74, 6) is -3.88. The Morgan fingerprint density at radius 1 is 1.02 bits per heavy atom. The van der Waals surface area contributed by atoms with Gasteiger partial charge < -0.3 is 20.3 Å². The number of unbranched alkanes of at least 4 members (excludes halogenated alkanes) is 1. The second-order valence-electron chi connectivity index (χ2n) is 12.5. The number of nitrogens with two attached hydrogens (primary N) is 1. The number of carbonyl (C=O) groups is 4. The lowest BCUT2D eigenvalue weighted by Gasteiger charge is -2.35. The topological polar surface area (TPSA) is 169 Å². The van der Waals surface area contributed by atoms with Crippen LogP contribution in [0.25, 0.3) is 0 Å². The lowest BCUT2D eigenvalue weighted by molar-refractivity contribution is -0.794. The quantitative estimate of drug-likeness (QED) is 0.0768. The predicted molar refractivity (Wildman–Crippen MR) is 170 cm³/mol. The minimum absolute atomic E-state index is 0.0180. The van der Waals surface area contributed by atoms with Gasteiger partial charge in [0, 0.05) is 19.3 Å². The Hall–Kier alpha value is -3.41. The summed E-state index contributed by atoms with van der Waals surface area (Å²) in [4.78, 5) is 52.7. The van der Waals surface area contributed by atoms with Crippen LogP contribution >= 0.6 is 7.60 Å². The summed E-state index contributed by atoms with van der Waals surface area (Å²) in [5, 5.41) is 10.3. The maximum Gasteiger partial charge on any atom is 0.521 e. The Morgan fingerprint density at radius 2 is 1.65 bits per heavy atom. The molecule has 5 atom stereocenters. The maximum atomic E-state index is 15.0. The molecule has 1 fully saturated rings. The van der Waals surface area contributed by atoms with Gasteiger partial charge in [0.25, 0.3) is 0 Å². The molecule has 2 aromatic carbocycles. The van der Waals surface area contributed by atoms with Crippen molar-refractivity contribution in [3.05, 3.63) is 71.8 Å². The highest BCUT2D eigenvalue weighted by molar-refractivity contribution is 7.54. The van der Waals surface area contributed by atoms with Crippen molar-refractivity contribution in [3.8, 4) is 0 Å². The van der Waals surface area contributed by atoms with E-state index in [1.807, 2.05) is 0 Å². The number of carboxylic acid groups (broad SMARTS) is 1. The van der Waals surface area contributed by atoms with Crippen molar-refractivity contribution in [2.75, 3.05) is 19.9 Å². The van der Waals surface area contributed by atoms with E-state index in [2.05, 4.69) is 0 Å². The summed E-state index contributed by atoms with van der Waals surface area (Å²) in [6.07, 6.45) is -1.20. The molecule has 2 amide bonds. The van der Waals surface area contributed by atoms with Crippen LogP contribution in [0.3, 0.4) is 0 Å². The molecule has 0 aliphatic carbocycles. The van der Waals surface area contributed by atoms with Crippen LogP contribution in [0.1, 0.15) is 75.7 Å². The minimum atomic E-state index is -4.73. The number of likely N-dealkylation sites (tertiary alicyclic amines) is 1. The molecule has 0 saturated carbocycles. The number of nitrogens with zero attached hydrogens (tertiary/aromatic N) is 1. The Balaban J connectivity index is 2.08. The van der Waals surface area contributed by atoms with Crippen LogP contribution in [-0.4, -0.2) is 71.4 Å². The Bertz CT molecular complexity index is 1380. The molecule has 13 heteroatoms. The van der Waals surface area contributed by atoms with Crippen LogP contribution in [0.5, 0.6) is 0 Å². The van der Waals surface area contributed by atoms with Crippen LogP contribution in [-0.2, 0) is 39.1 Å². The molecule has 2 aromatic rings. The van der Waals surface area contributed by atoms with Gasteiger partial charge in [-0.3, -0.25) is 18.4 Å². The molecule has 46 heavy (non-hydrogen) atoms. The SMILES string of the molecule is C[C@@H]1CCC[N+]1(C(=O)O)C(=O)C(CCCCN)OP(=O)(OCOC(=O)C(C)(C)C)[C@@H](Cc1ccccc1)OC(=O)c1ccccc1. The number of ether oxygens (including phenoxy) is 2. The van der Waals surface area contributed by atoms with Crippen molar-refractivity contribution < 1.29 is 51.9 Å². The normalized spacial score (nSPS) is 20.7. The lowest BCUT2D eigenvalue weighted by Crippen LogP contribution is -2.62. The van der Waals surface area contributed by atoms with Crippen molar-refractivity contribution >= 4 is 31.5 Å². The first-order chi connectivity index (χ1) is 21.7. The standard InChI is InChI=1S/C33H45N2O10P/c1-24-14-13-21-35(24,32(39)40)29(36)27(19-11-12-20-34)45-46(41,43-23-42-31(38)33(2,3)4)28(22-25-15-7-5-8-16-25)44-30(37)26-17-9-6-10-18-26/h5-10,15-18,24,27-28H,11-14,19-23,34H2,1-4H3/p+1/t24-,27?,28+,35?,46?/m1/s1. The number of amides is 2. The van der Waals surface area contributed by atoms with Crippen molar-refractivity contribution in [2.45, 2.75) is 84.2 Å². The van der Waals surface area contributed by atoms with E-state index in [9.17, 15) is 28.8 Å². The molecule has 0 bridgehead atoms. The van der Waals surface area contributed by atoms with Crippen molar-refractivity contribution in [1.29, 1.82) is 0 Å². The van der Waals surface area contributed by atoms with Crippen LogP contribution < -0.4 is 5.73 Å². The van der Waals surface area contributed by atoms with Gasteiger partial charge in [-0.15, -0.1) is 0 Å². The summed E-state index contributed by atoms with van der Waals surface area (Å²) < 4.78 is 37.0. The van der Waals surface area contributed by atoms with E-state index < -0.39 is 66.2 Å². The van der Waals surface area contributed by atoms with Crippen molar-refractivity contribution in [3.63, 3.8) is 0 Å². The second kappa shape index (κ2) is 16.4. The fourth-order valence-electron chi connectivity index (χ4n) is 5.26. The average molecular weight is 662 g/mol. The highest BCUT2D eigenvalue weighted by atomic mass is 31.2. The molecule has 0 spiro atoms. The van der Waals surface area contributed by atoms with E-state index in [1.165, 1.54) is 12.1 Å². The molecule has 3 N–H and O–H groups in total. The van der Waals surface area contributed by atoms with Gasteiger partial charge in [0.05, 0.1) is 17.5 Å². The molecule has 3 unspecified atom stereocenters. The first-order valence-corrected chi connectivity index (χ1v) is 17.1. The Kier molecular flexibility index (Phi) is 13.2. The smallest absolute Gasteiger partial charge is 0.445 e.